The lowest BCUT2D eigenvalue weighted by atomic mass is 10.0. The molecule has 0 radical (unpaired) electrons. The van der Waals surface area contributed by atoms with Crippen molar-refractivity contribution in [3.05, 3.63) is 65.7 Å². The summed E-state index contributed by atoms with van der Waals surface area (Å²) in [6.45, 7) is 3.92. The number of carbonyl (C=O) groups excluding carboxylic acids is 3. The van der Waals surface area contributed by atoms with Crippen LogP contribution in [0, 0.1) is 5.92 Å². The van der Waals surface area contributed by atoms with Crippen molar-refractivity contribution in [3.8, 4) is 5.75 Å². The van der Waals surface area contributed by atoms with Crippen LogP contribution in [0.15, 0.2) is 54.6 Å². The van der Waals surface area contributed by atoms with Crippen LogP contribution in [0.25, 0.3) is 0 Å². The zero-order valence-corrected chi connectivity index (χ0v) is 18.5. The molecule has 2 amide bonds. The average Bonchev–Trinajstić information content (AvgIpc) is 2.78. The van der Waals surface area contributed by atoms with Crippen LogP contribution >= 0.6 is 0 Å². The van der Waals surface area contributed by atoms with Crippen molar-refractivity contribution in [2.45, 2.75) is 45.4 Å². The molecule has 0 fully saturated rings. The third-order valence-corrected chi connectivity index (χ3v) is 4.71. The standard InChI is InChI=1S/C24H30N2O6/c1-16(2)13-20(26-24(30)32-15-18-7-5-4-6-8-18)22(28)25-21(23(29)31-3)14-17-9-11-19(27)12-10-17/h4-12,16,20-21,27H,13-15H2,1-3H3,(H,25,28)(H,26,30). The Labute approximate surface area is 187 Å². The Morgan fingerprint density at radius 2 is 1.56 bits per heavy atom. The highest BCUT2D eigenvalue weighted by Crippen LogP contribution is 2.13. The lowest BCUT2D eigenvalue weighted by Crippen LogP contribution is -2.53. The third kappa shape index (κ3) is 8.29. The van der Waals surface area contributed by atoms with E-state index in [9.17, 15) is 19.5 Å². The number of hydrogen-bond acceptors (Lipinski definition) is 6. The molecule has 2 atom stereocenters. The van der Waals surface area contributed by atoms with E-state index in [1.165, 1.54) is 19.2 Å². The van der Waals surface area contributed by atoms with Gasteiger partial charge in [0.05, 0.1) is 7.11 Å². The Bertz CT molecular complexity index is 883. The predicted octanol–water partition coefficient (Wildman–Crippen LogP) is 2.93. The van der Waals surface area contributed by atoms with E-state index < -0.39 is 30.1 Å². The quantitative estimate of drug-likeness (QED) is 0.488. The van der Waals surface area contributed by atoms with Gasteiger partial charge in [-0.05, 0) is 35.6 Å². The summed E-state index contributed by atoms with van der Waals surface area (Å²) in [5, 5.41) is 14.7. The van der Waals surface area contributed by atoms with Crippen molar-refractivity contribution in [1.29, 1.82) is 0 Å². The van der Waals surface area contributed by atoms with Gasteiger partial charge in [0.2, 0.25) is 5.91 Å². The molecular formula is C24H30N2O6. The highest BCUT2D eigenvalue weighted by Gasteiger charge is 2.28. The second-order valence-corrected chi connectivity index (χ2v) is 7.84. The first kappa shape index (κ1) is 24.7. The molecule has 0 aliphatic carbocycles. The zero-order valence-electron chi connectivity index (χ0n) is 18.5. The van der Waals surface area contributed by atoms with Crippen molar-refractivity contribution < 1.29 is 29.0 Å². The SMILES string of the molecule is COC(=O)C(Cc1ccc(O)cc1)NC(=O)C(CC(C)C)NC(=O)OCc1ccccc1. The van der Waals surface area contributed by atoms with Crippen LogP contribution < -0.4 is 10.6 Å². The van der Waals surface area contributed by atoms with Gasteiger partial charge in [-0.1, -0.05) is 56.3 Å². The number of phenols is 1. The van der Waals surface area contributed by atoms with Gasteiger partial charge in [-0.3, -0.25) is 4.79 Å². The summed E-state index contributed by atoms with van der Waals surface area (Å²) >= 11 is 0. The fourth-order valence-corrected chi connectivity index (χ4v) is 3.09. The minimum absolute atomic E-state index is 0.0777. The van der Waals surface area contributed by atoms with Crippen molar-refractivity contribution in [1.82, 2.24) is 10.6 Å². The number of ether oxygens (including phenoxy) is 2. The summed E-state index contributed by atoms with van der Waals surface area (Å²) in [7, 11) is 1.24. The monoisotopic (exact) mass is 442 g/mol. The summed E-state index contributed by atoms with van der Waals surface area (Å²) in [5.74, 6) is -0.914. The Balaban J connectivity index is 2.03. The molecule has 172 valence electrons. The van der Waals surface area contributed by atoms with Crippen molar-refractivity contribution >= 4 is 18.0 Å². The zero-order chi connectivity index (χ0) is 23.5. The van der Waals surface area contributed by atoms with E-state index in [2.05, 4.69) is 10.6 Å². The fourth-order valence-electron chi connectivity index (χ4n) is 3.09. The number of nitrogens with one attached hydrogen (secondary N) is 2. The molecule has 32 heavy (non-hydrogen) atoms. The number of carbonyl (C=O) groups is 3. The topological polar surface area (TPSA) is 114 Å². The predicted molar refractivity (Wildman–Crippen MR) is 119 cm³/mol. The Morgan fingerprint density at radius 3 is 2.16 bits per heavy atom. The Kier molecular flexibility index (Phi) is 9.53. The molecule has 8 nitrogen and oxygen atoms in total. The van der Waals surface area contributed by atoms with Crippen LogP contribution in [0.3, 0.4) is 0 Å². The number of amides is 2. The van der Waals surface area contributed by atoms with Gasteiger partial charge in [0, 0.05) is 6.42 Å². The number of alkyl carbamates (subject to hydrolysis) is 1. The minimum Gasteiger partial charge on any atom is -0.508 e. The number of esters is 1. The number of rotatable bonds is 10. The molecule has 0 heterocycles. The van der Waals surface area contributed by atoms with Crippen LogP contribution in [0.2, 0.25) is 0 Å². The van der Waals surface area contributed by atoms with Crippen LogP contribution in [0.4, 0.5) is 4.79 Å². The molecule has 0 aromatic heterocycles. The molecule has 2 rings (SSSR count). The molecule has 2 aromatic carbocycles. The Morgan fingerprint density at radius 1 is 0.906 bits per heavy atom. The van der Waals surface area contributed by atoms with Crippen LogP contribution in [-0.4, -0.2) is 42.3 Å². The van der Waals surface area contributed by atoms with Crippen molar-refractivity contribution in [2.24, 2.45) is 5.92 Å². The molecule has 0 saturated heterocycles. The van der Waals surface area contributed by atoms with E-state index in [4.69, 9.17) is 9.47 Å². The van der Waals surface area contributed by atoms with E-state index >= 15 is 0 Å². The average molecular weight is 443 g/mol. The molecule has 8 heteroatoms. The number of hydrogen-bond donors (Lipinski definition) is 3. The molecule has 3 N–H and O–H groups in total. The molecular weight excluding hydrogens is 412 g/mol. The van der Waals surface area contributed by atoms with Gasteiger partial charge in [-0.2, -0.15) is 0 Å². The molecule has 0 aliphatic rings. The van der Waals surface area contributed by atoms with E-state index in [1.807, 2.05) is 44.2 Å². The van der Waals surface area contributed by atoms with Crippen LogP contribution in [-0.2, 0) is 32.1 Å². The second-order valence-electron chi connectivity index (χ2n) is 7.84. The van der Waals surface area contributed by atoms with E-state index in [0.29, 0.717) is 6.42 Å². The van der Waals surface area contributed by atoms with Gasteiger partial charge in [0.25, 0.3) is 0 Å². The maximum atomic E-state index is 12.9. The first-order valence-corrected chi connectivity index (χ1v) is 10.4. The number of phenolic OH excluding ortho intramolecular Hbond substituents is 1. The van der Waals surface area contributed by atoms with Gasteiger partial charge < -0.3 is 25.2 Å². The lowest BCUT2D eigenvalue weighted by Gasteiger charge is -2.23. The second kappa shape index (κ2) is 12.3. The minimum atomic E-state index is -0.950. The highest BCUT2D eigenvalue weighted by atomic mass is 16.5. The maximum absolute atomic E-state index is 12.9. The first-order valence-electron chi connectivity index (χ1n) is 10.4. The largest absolute Gasteiger partial charge is 0.508 e. The van der Waals surface area contributed by atoms with Gasteiger partial charge in [-0.25, -0.2) is 9.59 Å². The fraction of sp³-hybridized carbons (Fsp3) is 0.375. The third-order valence-electron chi connectivity index (χ3n) is 4.71. The first-order chi connectivity index (χ1) is 15.3. The summed E-state index contributed by atoms with van der Waals surface area (Å²) in [6.07, 6.45) is -0.187. The van der Waals surface area contributed by atoms with Crippen LogP contribution in [0.5, 0.6) is 5.75 Å². The van der Waals surface area contributed by atoms with Gasteiger partial charge in [-0.15, -0.1) is 0 Å². The summed E-state index contributed by atoms with van der Waals surface area (Å²) < 4.78 is 10.0. The normalized spacial score (nSPS) is 12.5. The summed E-state index contributed by atoms with van der Waals surface area (Å²) in [4.78, 5) is 37.5. The molecule has 2 unspecified atom stereocenters. The van der Waals surface area contributed by atoms with Crippen LogP contribution in [0.1, 0.15) is 31.4 Å². The molecule has 2 aromatic rings. The highest BCUT2D eigenvalue weighted by molar-refractivity contribution is 5.89. The van der Waals surface area contributed by atoms with E-state index in [0.717, 1.165) is 11.1 Å². The van der Waals surface area contributed by atoms with E-state index in [-0.39, 0.29) is 24.7 Å². The van der Waals surface area contributed by atoms with Gasteiger partial charge in [0.15, 0.2) is 0 Å². The summed E-state index contributed by atoms with van der Waals surface area (Å²) in [6, 6.07) is 13.7. The summed E-state index contributed by atoms with van der Waals surface area (Å²) in [5.41, 5.74) is 1.56. The van der Waals surface area contributed by atoms with Crippen molar-refractivity contribution in [2.75, 3.05) is 7.11 Å². The molecule has 0 bridgehead atoms. The number of aromatic hydroxyl groups is 1. The van der Waals surface area contributed by atoms with Gasteiger partial charge >= 0.3 is 12.1 Å². The number of benzene rings is 2. The Hall–Kier alpha value is -3.55. The lowest BCUT2D eigenvalue weighted by molar-refractivity contribution is -0.145. The molecule has 0 spiro atoms. The maximum Gasteiger partial charge on any atom is 0.408 e. The van der Waals surface area contributed by atoms with Gasteiger partial charge in [0.1, 0.15) is 24.4 Å². The molecule has 0 saturated carbocycles. The number of methoxy groups -OCH3 is 1. The molecule has 0 aliphatic heterocycles. The smallest absolute Gasteiger partial charge is 0.408 e. The van der Waals surface area contributed by atoms with E-state index in [1.54, 1.807) is 12.1 Å². The van der Waals surface area contributed by atoms with Crippen molar-refractivity contribution in [3.63, 3.8) is 0 Å².